The van der Waals surface area contributed by atoms with Crippen LogP contribution >= 0.6 is 0 Å². The maximum atomic E-state index is 12.3. The van der Waals surface area contributed by atoms with Gasteiger partial charge in [0.25, 0.3) is 0 Å². The van der Waals surface area contributed by atoms with Crippen LogP contribution in [0.4, 0.5) is 0 Å². The van der Waals surface area contributed by atoms with Gasteiger partial charge in [-0.05, 0) is 37.3 Å². The Kier molecular flexibility index (Phi) is 5.31. The second-order valence-corrected chi connectivity index (χ2v) is 6.95. The van der Waals surface area contributed by atoms with Crippen molar-refractivity contribution in [3.05, 3.63) is 30.2 Å². The van der Waals surface area contributed by atoms with E-state index in [0.717, 1.165) is 24.3 Å². The SMILES string of the molecule is CC(C)[C@H](NC(=O)CCCNC(=O)C1CC1)c1nnc2ccccn12. The minimum Gasteiger partial charge on any atom is -0.356 e. The van der Waals surface area contributed by atoms with Crippen molar-refractivity contribution in [3.63, 3.8) is 0 Å². The molecule has 0 bridgehead atoms. The Hall–Kier alpha value is -2.44. The zero-order valence-corrected chi connectivity index (χ0v) is 14.7. The molecule has 0 unspecified atom stereocenters. The summed E-state index contributed by atoms with van der Waals surface area (Å²) < 4.78 is 1.90. The zero-order valence-electron chi connectivity index (χ0n) is 14.7. The third kappa shape index (κ3) is 4.35. The van der Waals surface area contributed by atoms with Gasteiger partial charge < -0.3 is 10.6 Å². The third-order valence-corrected chi connectivity index (χ3v) is 4.43. The van der Waals surface area contributed by atoms with Gasteiger partial charge in [0.2, 0.25) is 11.8 Å². The van der Waals surface area contributed by atoms with Gasteiger partial charge in [0, 0.05) is 25.1 Å². The van der Waals surface area contributed by atoms with Crippen molar-refractivity contribution in [2.24, 2.45) is 11.8 Å². The molecule has 2 N–H and O–H groups in total. The lowest BCUT2D eigenvalue weighted by Crippen LogP contribution is -2.34. The van der Waals surface area contributed by atoms with E-state index in [-0.39, 0.29) is 29.7 Å². The van der Waals surface area contributed by atoms with Gasteiger partial charge in [-0.3, -0.25) is 14.0 Å². The van der Waals surface area contributed by atoms with Crippen LogP contribution in [0.15, 0.2) is 24.4 Å². The molecule has 2 aromatic rings. The van der Waals surface area contributed by atoms with E-state index in [2.05, 4.69) is 20.8 Å². The highest BCUT2D eigenvalue weighted by molar-refractivity contribution is 5.81. The van der Waals surface area contributed by atoms with Crippen LogP contribution in [-0.2, 0) is 9.59 Å². The average molecular weight is 343 g/mol. The van der Waals surface area contributed by atoms with Crippen molar-refractivity contribution in [3.8, 4) is 0 Å². The summed E-state index contributed by atoms with van der Waals surface area (Å²) in [7, 11) is 0. The van der Waals surface area contributed by atoms with Crippen molar-refractivity contribution in [1.82, 2.24) is 25.2 Å². The van der Waals surface area contributed by atoms with Crippen molar-refractivity contribution >= 4 is 17.5 Å². The Morgan fingerprint density at radius 3 is 2.80 bits per heavy atom. The number of fused-ring (bicyclic) bond motifs is 1. The molecule has 2 aromatic heterocycles. The first-order valence-corrected chi connectivity index (χ1v) is 8.93. The number of nitrogens with zero attached hydrogens (tertiary/aromatic N) is 3. The van der Waals surface area contributed by atoms with Crippen LogP contribution in [0.3, 0.4) is 0 Å². The van der Waals surface area contributed by atoms with Gasteiger partial charge in [-0.15, -0.1) is 10.2 Å². The van der Waals surface area contributed by atoms with Gasteiger partial charge in [0.15, 0.2) is 11.5 Å². The summed E-state index contributed by atoms with van der Waals surface area (Å²) in [6, 6.07) is 5.51. The second kappa shape index (κ2) is 7.63. The molecule has 25 heavy (non-hydrogen) atoms. The summed E-state index contributed by atoms with van der Waals surface area (Å²) in [4.78, 5) is 23.9. The Balaban J connectivity index is 1.54. The average Bonchev–Trinajstić information content (AvgIpc) is 3.36. The van der Waals surface area contributed by atoms with E-state index in [1.54, 1.807) is 0 Å². The molecule has 2 heterocycles. The summed E-state index contributed by atoms with van der Waals surface area (Å²) in [5.41, 5.74) is 0.764. The lowest BCUT2D eigenvalue weighted by atomic mass is 10.0. The highest BCUT2D eigenvalue weighted by Crippen LogP contribution is 2.28. The Morgan fingerprint density at radius 1 is 1.28 bits per heavy atom. The first kappa shape index (κ1) is 17.4. The van der Waals surface area contributed by atoms with Crippen LogP contribution in [0.5, 0.6) is 0 Å². The van der Waals surface area contributed by atoms with E-state index in [0.29, 0.717) is 19.4 Å². The first-order valence-electron chi connectivity index (χ1n) is 8.93. The van der Waals surface area contributed by atoms with E-state index in [9.17, 15) is 9.59 Å². The monoisotopic (exact) mass is 343 g/mol. The van der Waals surface area contributed by atoms with Gasteiger partial charge >= 0.3 is 0 Å². The normalized spacial score (nSPS) is 15.3. The number of rotatable bonds is 8. The summed E-state index contributed by atoms with van der Waals surface area (Å²) >= 11 is 0. The topological polar surface area (TPSA) is 88.4 Å². The van der Waals surface area contributed by atoms with Crippen molar-refractivity contribution in [1.29, 1.82) is 0 Å². The van der Waals surface area contributed by atoms with Gasteiger partial charge in [0.05, 0.1) is 6.04 Å². The first-order chi connectivity index (χ1) is 12.1. The lowest BCUT2D eigenvalue weighted by molar-refractivity contribution is -0.124. The molecular formula is C18H25N5O2. The number of carbonyl (C=O) groups is 2. The molecule has 0 saturated heterocycles. The van der Waals surface area contributed by atoms with Crippen LogP contribution in [0.1, 0.15) is 51.4 Å². The van der Waals surface area contributed by atoms with Gasteiger partial charge in [0.1, 0.15) is 0 Å². The molecule has 7 nitrogen and oxygen atoms in total. The molecule has 0 aromatic carbocycles. The maximum Gasteiger partial charge on any atom is 0.223 e. The standard InChI is InChI=1S/C18H25N5O2/c1-12(2)16(17-22-21-14-6-3-4-11-23(14)17)20-15(24)7-5-10-19-18(25)13-8-9-13/h3-4,6,11-13,16H,5,7-10H2,1-2H3,(H,19,25)(H,20,24)/t16-/m0/s1. The predicted octanol–water partition coefficient (Wildman–Crippen LogP) is 1.85. The van der Waals surface area contributed by atoms with E-state index in [4.69, 9.17) is 0 Å². The number of amides is 2. The van der Waals surface area contributed by atoms with E-state index < -0.39 is 0 Å². The number of nitrogens with one attached hydrogen (secondary N) is 2. The van der Waals surface area contributed by atoms with Gasteiger partial charge in [-0.1, -0.05) is 19.9 Å². The predicted molar refractivity (Wildman–Crippen MR) is 93.7 cm³/mol. The zero-order chi connectivity index (χ0) is 17.8. The molecule has 1 saturated carbocycles. The van der Waals surface area contributed by atoms with Crippen LogP contribution in [-0.4, -0.2) is 33.0 Å². The molecule has 1 fully saturated rings. The molecule has 1 aliphatic carbocycles. The molecule has 7 heteroatoms. The van der Waals surface area contributed by atoms with Crippen molar-refractivity contribution < 1.29 is 9.59 Å². The molecule has 1 atom stereocenters. The molecule has 1 aliphatic rings. The van der Waals surface area contributed by atoms with Crippen LogP contribution < -0.4 is 10.6 Å². The summed E-state index contributed by atoms with van der Waals surface area (Å²) in [6.07, 6.45) is 4.91. The van der Waals surface area contributed by atoms with Crippen LogP contribution in [0.2, 0.25) is 0 Å². The van der Waals surface area contributed by atoms with Gasteiger partial charge in [-0.25, -0.2) is 0 Å². The lowest BCUT2D eigenvalue weighted by Gasteiger charge is -2.21. The minimum absolute atomic E-state index is 0.0351. The van der Waals surface area contributed by atoms with E-state index >= 15 is 0 Å². The largest absolute Gasteiger partial charge is 0.356 e. The molecular weight excluding hydrogens is 318 g/mol. The Bertz CT molecular complexity index is 751. The highest BCUT2D eigenvalue weighted by atomic mass is 16.2. The summed E-state index contributed by atoms with van der Waals surface area (Å²) in [6.45, 7) is 4.64. The van der Waals surface area contributed by atoms with E-state index in [1.165, 1.54) is 0 Å². The second-order valence-electron chi connectivity index (χ2n) is 6.95. The molecule has 0 aliphatic heterocycles. The summed E-state index contributed by atoms with van der Waals surface area (Å²) in [5, 5.41) is 14.4. The van der Waals surface area contributed by atoms with E-state index in [1.807, 2.05) is 42.6 Å². The fourth-order valence-electron chi connectivity index (χ4n) is 2.80. The number of hydrogen-bond donors (Lipinski definition) is 2. The molecule has 2 amide bonds. The van der Waals surface area contributed by atoms with Crippen LogP contribution in [0, 0.1) is 11.8 Å². The van der Waals surface area contributed by atoms with Gasteiger partial charge in [-0.2, -0.15) is 0 Å². The van der Waals surface area contributed by atoms with Crippen molar-refractivity contribution in [2.75, 3.05) is 6.54 Å². The van der Waals surface area contributed by atoms with Crippen molar-refractivity contribution in [2.45, 2.75) is 45.6 Å². The quantitative estimate of drug-likeness (QED) is 0.716. The number of pyridine rings is 1. The maximum absolute atomic E-state index is 12.3. The third-order valence-electron chi connectivity index (χ3n) is 4.43. The fourth-order valence-corrected chi connectivity index (χ4v) is 2.80. The Morgan fingerprint density at radius 2 is 2.08 bits per heavy atom. The highest BCUT2D eigenvalue weighted by Gasteiger charge is 2.29. The summed E-state index contributed by atoms with van der Waals surface area (Å²) in [5.74, 6) is 1.22. The smallest absolute Gasteiger partial charge is 0.223 e. The molecule has 3 rings (SSSR count). The number of hydrogen-bond acceptors (Lipinski definition) is 4. The molecule has 0 spiro atoms. The fraction of sp³-hybridized carbons (Fsp3) is 0.556. The minimum atomic E-state index is -0.203. The Labute approximate surface area is 147 Å². The number of carbonyl (C=O) groups excluding carboxylic acids is 2. The van der Waals surface area contributed by atoms with Crippen LogP contribution in [0.25, 0.3) is 5.65 Å². The molecule has 0 radical (unpaired) electrons. The number of aromatic nitrogens is 3. The molecule has 134 valence electrons.